The van der Waals surface area contributed by atoms with Crippen LogP contribution in [0.2, 0.25) is 0 Å². The van der Waals surface area contributed by atoms with Crippen LogP contribution in [0.3, 0.4) is 0 Å². The Morgan fingerprint density at radius 1 is 1.16 bits per heavy atom. The van der Waals surface area contributed by atoms with Gasteiger partial charge in [-0.25, -0.2) is 0 Å². The van der Waals surface area contributed by atoms with E-state index in [0.29, 0.717) is 30.7 Å². The lowest BCUT2D eigenvalue weighted by Gasteiger charge is -2.12. The van der Waals surface area contributed by atoms with E-state index < -0.39 is 0 Å². The summed E-state index contributed by atoms with van der Waals surface area (Å²) in [5.74, 6) is 0.863. The number of rotatable bonds is 7. The maximum Gasteiger partial charge on any atom is 0.119 e. The maximum absolute atomic E-state index is 5.74. The van der Waals surface area contributed by atoms with E-state index in [2.05, 4.69) is 0 Å². The highest BCUT2D eigenvalue weighted by Gasteiger charge is 2.14. The second-order valence-electron chi connectivity index (χ2n) is 4.91. The van der Waals surface area contributed by atoms with Crippen molar-refractivity contribution in [3.63, 3.8) is 0 Å². The van der Waals surface area contributed by atoms with Crippen molar-refractivity contribution in [2.24, 2.45) is 5.73 Å². The molecule has 1 fully saturated rings. The minimum Gasteiger partial charge on any atom is -0.491 e. The lowest BCUT2D eigenvalue weighted by molar-refractivity contribution is 0.0382. The van der Waals surface area contributed by atoms with Crippen molar-refractivity contribution in [3.05, 3.63) is 29.8 Å². The zero-order valence-electron chi connectivity index (χ0n) is 11.1. The Hall–Kier alpha value is -1.13. The third-order valence-electron chi connectivity index (χ3n) is 3.31. The van der Waals surface area contributed by atoms with E-state index in [0.717, 1.165) is 11.3 Å². The molecule has 0 heterocycles. The first-order chi connectivity index (χ1) is 9.24. The van der Waals surface area contributed by atoms with Gasteiger partial charge in [0.25, 0.3) is 0 Å². The molecule has 0 bridgehead atoms. The molecule has 1 aliphatic carbocycles. The second-order valence-corrected chi connectivity index (χ2v) is 5.44. The van der Waals surface area contributed by atoms with Crippen molar-refractivity contribution < 1.29 is 9.47 Å². The molecule has 0 aromatic heterocycles. The summed E-state index contributed by atoms with van der Waals surface area (Å²) in [5.41, 5.74) is 6.62. The summed E-state index contributed by atoms with van der Waals surface area (Å²) in [5, 5.41) is 0. The summed E-state index contributed by atoms with van der Waals surface area (Å²) < 4.78 is 11.4. The summed E-state index contributed by atoms with van der Waals surface area (Å²) in [7, 11) is 0. The van der Waals surface area contributed by atoms with Crippen LogP contribution in [-0.4, -0.2) is 24.3 Å². The Balaban J connectivity index is 1.66. The number of hydrogen-bond acceptors (Lipinski definition) is 3. The number of nitrogens with two attached hydrogens (primary N) is 1. The molecule has 2 rings (SSSR count). The van der Waals surface area contributed by atoms with E-state index in [-0.39, 0.29) is 0 Å². The molecule has 0 saturated heterocycles. The van der Waals surface area contributed by atoms with E-state index in [9.17, 15) is 0 Å². The summed E-state index contributed by atoms with van der Waals surface area (Å²) in [6, 6.07) is 7.88. The van der Waals surface area contributed by atoms with E-state index in [1.54, 1.807) is 0 Å². The van der Waals surface area contributed by atoms with Gasteiger partial charge in [-0.2, -0.15) is 0 Å². The average molecular weight is 279 g/mol. The Morgan fingerprint density at radius 3 is 2.47 bits per heavy atom. The van der Waals surface area contributed by atoms with Crippen molar-refractivity contribution in [1.29, 1.82) is 0 Å². The molecule has 0 unspecified atom stereocenters. The predicted octanol–water partition coefficient (Wildman–Crippen LogP) is 2.85. The standard InChI is InChI=1S/C15H21NO2S/c16-15(19)11-12-5-7-14(8-6-12)18-10-9-17-13-3-1-2-4-13/h5-8,13H,1-4,9-11H2,(H2,16,19). The summed E-state index contributed by atoms with van der Waals surface area (Å²) >= 11 is 4.88. The topological polar surface area (TPSA) is 44.5 Å². The fraction of sp³-hybridized carbons (Fsp3) is 0.533. The predicted molar refractivity (Wildman–Crippen MR) is 80.6 cm³/mol. The Morgan fingerprint density at radius 2 is 1.84 bits per heavy atom. The van der Waals surface area contributed by atoms with Crippen molar-refractivity contribution in [1.82, 2.24) is 0 Å². The van der Waals surface area contributed by atoms with Crippen LogP contribution in [0.1, 0.15) is 31.2 Å². The minimum atomic E-state index is 0.455. The Bertz CT molecular complexity index is 399. The lowest BCUT2D eigenvalue weighted by Crippen LogP contribution is -2.14. The van der Waals surface area contributed by atoms with Crippen LogP contribution in [0.5, 0.6) is 5.75 Å². The highest BCUT2D eigenvalue weighted by atomic mass is 32.1. The smallest absolute Gasteiger partial charge is 0.119 e. The third-order valence-corrected chi connectivity index (χ3v) is 3.45. The Kier molecular flexibility index (Phi) is 5.61. The summed E-state index contributed by atoms with van der Waals surface area (Å²) in [6.45, 7) is 1.27. The SMILES string of the molecule is NC(=S)Cc1ccc(OCCOC2CCCC2)cc1. The molecule has 1 aliphatic rings. The van der Waals surface area contributed by atoms with Gasteiger partial charge >= 0.3 is 0 Å². The number of hydrogen-bond donors (Lipinski definition) is 1. The van der Waals surface area contributed by atoms with Crippen LogP contribution in [0.4, 0.5) is 0 Å². The van der Waals surface area contributed by atoms with Gasteiger partial charge in [-0.15, -0.1) is 0 Å². The molecule has 1 aromatic rings. The molecule has 1 aromatic carbocycles. The number of thiocarbonyl (C=S) groups is 1. The van der Waals surface area contributed by atoms with Gasteiger partial charge in [0.05, 0.1) is 17.7 Å². The first kappa shape index (κ1) is 14.3. The first-order valence-electron chi connectivity index (χ1n) is 6.85. The van der Waals surface area contributed by atoms with Gasteiger partial charge in [-0.05, 0) is 30.5 Å². The van der Waals surface area contributed by atoms with Crippen molar-refractivity contribution in [2.75, 3.05) is 13.2 Å². The zero-order chi connectivity index (χ0) is 13.5. The Labute approximate surface area is 120 Å². The number of benzene rings is 1. The average Bonchev–Trinajstić information content (AvgIpc) is 2.89. The van der Waals surface area contributed by atoms with E-state index in [4.69, 9.17) is 27.4 Å². The van der Waals surface area contributed by atoms with Gasteiger partial charge in [-0.1, -0.05) is 37.2 Å². The van der Waals surface area contributed by atoms with Crippen LogP contribution in [0, 0.1) is 0 Å². The van der Waals surface area contributed by atoms with Crippen molar-refractivity contribution in [3.8, 4) is 5.75 Å². The van der Waals surface area contributed by atoms with Crippen LogP contribution in [0.15, 0.2) is 24.3 Å². The van der Waals surface area contributed by atoms with Gasteiger partial charge in [0.15, 0.2) is 0 Å². The molecule has 0 radical (unpaired) electrons. The molecule has 0 aliphatic heterocycles. The van der Waals surface area contributed by atoms with Crippen LogP contribution in [0.25, 0.3) is 0 Å². The van der Waals surface area contributed by atoms with Gasteiger partial charge in [0, 0.05) is 6.42 Å². The van der Waals surface area contributed by atoms with Crippen molar-refractivity contribution >= 4 is 17.2 Å². The maximum atomic E-state index is 5.74. The highest BCUT2D eigenvalue weighted by Crippen LogP contribution is 2.20. The summed E-state index contributed by atoms with van der Waals surface area (Å²) in [6.07, 6.45) is 6.10. The molecule has 4 heteroatoms. The first-order valence-corrected chi connectivity index (χ1v) is 7.26. The molecule has 0 atom stereocenters. The molecule has 2 N–H and O–H groups in total. The fourth-order valence-corrected chi connectivity index (χ4v) is 2.50. The van der Waals surface area contributed by atoms with Gasteiger partial charge in [0.1, 0.15) is 12.4 Å². The third kappa shape index (κ3) is 5.17. The molecule has 104 valence electrons. The normalized spacial score (nSPS) is 15.6. The molecule has 19 heavy (non-hydrogen) atoms. The largest absolute Gasteiger partial charge is 0.491 e. The molecular weight excluding hydrogens is 258 g/mol. The van der Waals surface area contributed by atoms with Crippen molar-refractivity contribution in [2.45, 2.75) is 38.2 Å². The van der Waals surface area contributed by atoms with Gasteiger partial charge in [-0.3, -0.25) is 0 Å². The molecule has 0 spiro atoms. The van der Waals surface area contributed by atoms with E-state index >= 15 is 0 Å². The van der Waals surface area contributed by atoms with Crippen LogP contribution < -0.4 is 10.5 Å². The van der Waals surface area contributed by atoms with Crippen LogP contribution in [-0.2, 0) is 11.2 Å². The quantitative estimate of drug-likeness (QED) is 0.616. The highest BCUT2D eigenvalue weighted by molar-refractivity contribution is 7.80. The minimum absolute atomic E-state index is 0.455. The van der Waals surface area contributed by atoms with Gasteiger partial charge in [0.2, 0.25) is 0 Å². The molecule has 1 saturated carbocycles. The number of ether oxygens (including phenoxy) is 2. The summed E-state index contributed by atoms with van der Waals surface area (Å²) in [4.78, 5) is 0.513. The van der Waals surface area contributed by atoms with Gasteiger partial charge < -0.3 is 15.2 Å². The molecule has 0 amide bonds. The fourth-order valence-electron chi connectivity index (χ4n) is 2.33. The lowest BCUT2D eigenvalue weighted by atomic mass is 10.1. The zero-order valence-corrected chi connectivity index (χ0v) is 12.0. The van der Waals surface area contributed by atoms with E-state index in [1.165, 1.54) is 25.7 Å². The second kappa shape index (κ2) is 7.46. The molecule has 3 nitrogen and oxygen atoms in total. The molecular formula is C15H21NO2S. The monoisotopic (exact) mass is 279 g/mol. The van der Waals surface area contributed by atoms with Crippen LogP contribution >= 0.6 is 12.2 Å². The van der Waals surface area contributed by atoms with E-state index in [1.807, 2.05) is 24.3 Å².